The molecular formula is C8H17NO3S. The molecule has 0 aliphatic rings. The van der Waals surface area contributed by atoms with E-state index in [1.165, 1.54) is 6.08 Å². The zero-order valence-corrected chi connectivity index (χ0v) is 8.84. The molecule has 0 amide bonds. The van der Waals surface area contributed by atoms with Crippen molar-refractivity contribution in [3.8, 4) is 0 Å². The Balaban J connectivity index is 4.19. The van der Waals surface area contributed by atoms with Crippen LogP contribution in [-0.4, -0.2) is 31.9 Å². The first-order valence-corrected chi connectivity index (χ1v) is 5.80. The van der Waals surface area contributed by atoms with E-state index in [1.54, 1.807) is 13.8 Å². The van der Waals surface area contributed by atoms with Crippen LogP contribution < -0.4 is 4.72 Å². The van der Waals surface area contributed by atoms with Gasteiger partial charge < -0.3 is 5.11 Å². The van der Waals surface area contributed by atoms with E-state index in [1.807, 2.05) is 0 Å². The third-order valence-corrected chi connectivity index (χ3v) is 3.25. The summed E-state index contributed by atoms with van der Waals surface area (Å²) in [6.07, 6.45) is 1.33. The van der Waals surface area contributed by atoms with Crippen LogP contribution in [0.25, 0.3) is 0 Å². The molecule has 13 heavy (non-hydrogen) atoms. The van der Waals surface area contributed by atoms with Gasteiger partial charge in [-0.15, -0.1) is 6.58 Å². The molecule has 2 N–H and O–H groups in total. The minimum atomic E-state index is -3.27. The van der Waals surface area contributed by atoms with Gasteiger partial charge >= 0.3 is 0 Å². The predicted molar refractivity (Wildman–Crippen MR) is 52.8 cm³/mol. The quantitative estimate of drug-likeness (QED) is 0.607. The molecular weight excluding hydrogens is 190 g/mol. The van der Waals surface area contributed by atoms with Crippen LogP contribution in [0.4, 0.5) is 0 Å². The van der Waals surface area contributed by atoms with E-state index in [0.29, 0.717) is 0 Å². The number of sulfonamides is 1. The molecule has 0 saturated heterocycles. The second-order valence-corrected chi connectivity index (χ2v) is 4.94. The van der Waals surface area contributed by atoms with Crippen molar-refractivity contribution >= 4 is 10.0 Å². The van der Waals surface area contributed by atoms with Crippen molar-refractivity contribution in [1.29, 1.82) is 0 Å². The molecule has 0 aliphatic heterocycles. The van der Waals surface area contributed by atoms with Crippen molar-refractivity contribution < 1.29 is 13.5 Å². The molecule has 4 nitrogen and oxygen atoms in total. The maximum atomic E-state index is 11.2. The maximum absolute atomic E-state index is 11.2. The van der Waals surface area contributed by atoms with Crippen molar-refractivity contribution in [2.75, 3.05) is 12.4 Å². The lowest BCUT2D eigenvalue weighted by Crippen LogP contribution is -2.39. The summed E-state index contributed by atoms with van der Waals surface area (Å²) in [4.78, 5) is 0. The highest BCUT2D eigenvalue weighted by Gasteiger charge is 2.17. The van der Waals surface area contributed by atoms with Gasteiger partial charge in [-0.2, -0.15) is 0 Å². The highest BCUT2D eigenvalue weighted by Crippen LogP contribution is 2.02. The van der Waals surface area contributed by atoms with Crippen molar-refractivity contribution in [2.45, 2.75) is 19.9 Å². The van der Waals surface area contributed by atoms with Crippen LogP contribution in [0.3, 0.4) is 0 Å². The second-order valence-electron chi connectivity index (χ2n) is 3.14. The predicted octanol–water partition coefficient (Wildman–Crippen LogP) is 0.109. The van der Waals surface area contributed by atoms with Gasteiger partial charge in [-0.1, -0.05) is 13.0 Å². The molecule has 0 aliphatic carbocycles. The molecule has 0 spiro atoms. The summed E-state index contributed by atoms with van der Waals surface area (Å²) in [6, 6.07) is -0.255. The van der Waals surface area contributed by atoms with Crippen LogP contribution in [0.2, 0.25) is 0 Å². The zero-order chi connectivity index (χ0) is 10.5. The Hall–Kier alpha value is -0.390. The van der Waals surface area contributed by atoms with Gasteiger partial charge in [-0.3, -0.25) is 0 Å². The molecule has 0 aromatic heterocycles. The first-order chi connectivity index (χ1) is 5.93. The molecule has 0 aromatic carbocycles. The van der Waals surface area contributed by atoms with Crippen LogP contribution in [0.15, 0.2) is 12.7 Å². The Morgan fingerprint density at radius 2 is 2.08 bits per heavy atom. The summed E-state index contributed by atoms with van der Waals surface area (Å²) in [5, 5.41) is 8.78. The van der Waals surface area contributed by atoms with Gasteiger partial charge in [0.15, 0.2) is 0 Å². The van der Waals surface area contributed by atoms with Crippen molar-refractivity contribution in [2.24, 2.45) is 5.92 Å². The molecule has 0 radical (unpaired) electrons. The highest BCUT2D eigenvalue weighted by molar-refractivity contribution is 7.89. The molecule has 0 bridgehead atoms. The molecule has 2 unspecified atom stereocenters. The van der Waals surface area contributed by atoms with Crippen LogP contribution in [0.1, 0.15) is 13.8 Å². The SMILES string of the molecule is C=CCS(=O)(=O)NC(C)C(C)CO. The summed E-state index contributed by atoms with van der Waals surface area (Å²) in [6.45, 7) is 6.82. The summed E-state index contributed by atoms with van der Waals surface area (Å²) >= 11 is 0. The Bertz CT molecular complexity index is 248. The van der Waals surface area contributed by atoms with Gasteiger partial charge in [-0.25, -0.2) is 13.1 Å². The molecule has 5 heteroatoms. The number of hydrogen-bond donors (Lipinski definition) is 2. The van der Waals surface area contributed by atoms with E-state index < -0.39 is 10.0 Å². The number of aliphatic hydroxyl groups is 1. The van der Waals surface area contributed by atoms with E-state index in [2.05, 4.69) is 11.3 Å². The number of rotatable bonds is 6. The maximum Gasteiger partial charge on any atom is 0.215 e. The van der Waals surface area contributed by atoms with Crippen LogP contribution >= 0.6 is 0 Å². The molecule has 0 heterocycles. The molecule has 0 saturated carbocycles. The van der Waals surface area contributed by atoms with Gasteiger partial charge in [0.1, 0.15) is 0 Å². The third-order valence-electron chi connectivity index (χ3n) is 1.84. The largest absolute Gasteiger partial charge is 0.396 e. The average Bonchev–Trinajstić information content (AvgIpc) is 2.01. The fraction of sp³-hybridized carbons (Fsp3) is 0.750. The normalized spacial score (nSPS) is 16.5. The molecule has 78 valence electrons. The monoisotopic (exact) mass is 207 g/mol. The Kier molecular flexibility index (Phi) is 5.20. The fourth-order valence-electron chi connectivity index (χ4n) is 0.761. The van der Waals surface area contributed by atoms with Crippen LogP contribution in [0.5, 0.6) is 0 Å². The Morgan fingerprint density at radius 1 is 1.54 bits per heavy atom. The molecule has 0 fully saturated rings. The average molecular weight is 207 g/mol. The second kappa shape index (κ2) is 5.36. The number of hydrogen-bond acceptors (Lipinski definition) is 3. The molecule has 0 aromatic rings. The van der Waals surface area contributed by atoms with E-state index in [9.17, 15) is 8.42 Å². The van der Waals surface area contributed by atoms with Crippen molar-refractivity contribution in [3.05, 3.63) is 12.7 Å². The van der Waals surface area contributed by atoms with E-state index in [0.717, 1.165) is 0 Å². The lowest BCUT2D eigenvalue weighted by molar-refractivity contribution is 0.216. The Morgan fingerprint density at radius 3 is 2.46 bits per heavy atom. The lowest BCUT2D eigenvalue weighted by atomic mass is 10.1. The minimum absolute atomic E-state index is 0.0300. The van der Waals surface area contributed by atoms with Gasteiger partial charge in [0, 0.05) is 12.6 Å². The summed E-state index contributed by atoms with van der Waals surface area (Å²) < 4.78 is 24.8. The van der Waals surface area contributed by atoms with Gasteiger partial charge in [0.2, 0.25) is 10.0 Å². The topological polar surface area (TPSA) is 66.4 Å². The van der Waals surface area contributed by atoms with Crippen LogP contribution in [0, 0.1) is 5.92 Å². The number of aliphatic hydroxyl groups excluding tert-OH is 1. The third kappa shape index (κ3) is 5.02. The standard InChI is InChI=1S/C8H17NO3S/c1-4-5-13(11,12)9-8(3)7(2)6-10/h4,7-10H,1,5-6H2,2-3H3. The van der Waals surface area contributed by atoms with E-state index >= 15 is 0 Å². The Labute approximate surface area is 79.7 Å². The first-order valence-electron chi connectivity index (χ1n) is 4.14. The fourth-order valence-corrected chi connectivity index (χ4v) is 1.97. The van der Waals surface area contributed by atoms with Crippen LogP contribution in [-0.2, 0) is 10.0 Å². The van der Waals surface area contributed by atoms with Gasteiger partial charge in [-0.05, 0) is 12.8 Å². The summed E-state index contributed by atoms with van der Waals surface area (Å²) in [5.74, 6) is -0.172. The summed E-state index contributed by atoms with van der Waals surface area (Å²) in [7, 11) is -3.27. The van der Waals surface area contributed by atoms with Crippen molar-refractivity contribution in [1.82, 2.24) is 4.72 Å². The number of nitrogens with one attached hydrogen (secondary N) is 1. The highest BCUT2D eigenvalue weighted by atomic mass is 32.2. The smallest absolute Gasteiger partial charge is 0.215 e. The first kappa shape index (κ1) is 12.6. The minimum Gasteiger partial charge on any atom is -0.396 e. The zero-order valence-electron chi connectivity index (χ0n) is 8.03. The lowest BCUT2D eigenvalue weighted by Gasteiger charge is -2.18. The summed E-state index contributed by atoms with van der Waals surface area (Å²) in [5.41, 5.74) is 0. The van der Waals surface area contributed by atoms with Gasteiger partial charge in [0.05, 0.1) is 5.75 Å². The van der Waals surface area contributed by atoms with E-state index in [4.69, 9.17) is 5.11 Å². The van der Waals surface area contributed by atoms with Gasteiger partial charge in [0.25, 0.3) is 0 Å². The van der Waals surface area contributed by atoms with Crippen molar-refractivity contribution in [3.63, 3.8) is 0 Å². The molecule has 2 atom stereocenters. The molecule has 0 rings (SSSR count). The van der Waals surface area contributed by atoms with E-state index in [-0.39, 0.29) is 24.3 Å².